The monoisotopic (exact) mass is 313 g/mol. The van der Waals surface area contributed by atoms with Crippen LogP contribution in [0.15, 0.2) is 4.47 Å². The summed E-state index contributed by atoms with van der Waals surface area (Å²) < 4.78 is 3.09. The largest absolute Gasteiger partial charge is 0.327 e. The van der Waals surface area contributed by atoms with E-state index in [1.807, 2.05) is 18.7 Å². The van der Waals surface area contributed by atoms with Crippen molar-refractivity contribution < 1.29 is 0 Å². The minimum Gasteiger partial charge on any atom is -0.327 e. The number of rotatable bonds is 3. The lowest BCUT2D eigenvalue weighted by atomic mass is 9.70. The van der Waals surface area contributed by atoms with Gasteiger partial charge in [0.1, 0.15) is 0 Å². The third-order valence-electron chi connectivity index (χ3n) is 4.57. The third kappa shape index (κ3) is 2.64. The predicted octanol–water partition coefficient (Wildman–Crippen LogP) is 3.33. The summed E-state index contributed by atoms with van der Waals surface area (Å²) in [5.41, 5.74) is 9.08. The molecular formula is C14H24BrN3. The molecule has 0 amide bonds. The van der Waals surface area contributed by atoms with Gasteiger partial charge in [0, 0.05) is 19.5 Å². The lowest BCUT2D eigenvalue weighted by Gasteiger charge is -2.39. The molecule has 1 unspecified atom stereocenters. The SMILES string of the molecule is Cc1nn(C)c(CC(N)C2(C)CCCCC2)c1Br. The van der Waals surface area contributed by atoms with Crippen LogP contribution >= 0.6 is 15.9 Å². The molecule has 1 aliphatic rings. The first kappa shape index (κ1) is 14.1. The number of nitrogens with two attached hydrogens (primary N) is 1. The maximum Gasteiger partial charge on any atom is 0.0738 e. The summed E-state index contributed by atoms with van der Waals surface area (Å²) in [6, 6.07) is 0.226. The molecule has 102 valence electrons. The molecule has 1 aromatic rings. The first-order valence-electron chi connectivity index (χ1n) is 6.87. The van der Waals surface area contributed by atoms with Gasteiger partial charge in [-0.05, 0) is 41.1 Å². The molecule has 3 nitrogen and oxygen atoms in total. The van der Waals surface area contributed by atoms with E-state index in [-0.39, 0.29) is 6.04 Å². The van der Waals surface area contributed by atoms with Gasteiger partial charge < -0.3 is 5.73 Å². The minimum atomic E-state index is 0.226. The van der Waals surface area contributed by atoms with Crippen molar-refractivity contribution in [1.29, 1.82) is 0 Å². The summed E-state index contributed by atoms with van der Waals surface area (Å²) in [7, 11) is 2.00. The van der Waals surface area contributed by atoms with E-state index >= 15 is 0 Å². The Morgan fingerprint density at radius 1 is 1.39 bits per heavy atom. The quantitative estimate of drug-likeness (QED) is 0.930. The van der Waals surface area contributed by atoms with Crippen LogP contribution in [0.25, 0.3) is 0 Å². The Balaban J connectivity index is 2.13. The van der Waals surface area contributed by atoms with Gasteiger partial charge >= 0.3 is 0 Å². The number of aromatic nitrogens is 2. The summed E-state index contributed by atoms with van der Waals surface area (Å²) in [6.07, 6.45) is 7.47. The molecule has 1 heterocycles. The first-order chi connectivity index (χ1) is 8.44. The van der Waals surface area contributed by atoms with Crippen LogP contribution in [-0.4, -0.2) is 15.8 Å². The third-order valence-corrected chi connectivity index (χ3v) is 5.60. The van der Waals surface area contributed by atoms with E-state index in [9.17, 15) is 0 Å². The van der Waals surface area contributed by atoms with Gasteiger partial charge in [0.2, 0.25) is 0 Å². The Labute approximate surface area is 118 Å². The fraction of sp³-hybridized carbons (Fsp3) is 0.786. The molecule has 0 aromatic carbocycles. The van der Waals surface area contributed by atoms with Crippen LogP contribution in [0.1, 0.15) is 50.4 Å². The van der Waals surface area contributed by atoms with Crippen LogP contribution in [-0.2, 0) is 13.5 Å². The average molecular weight is 314 g/mol. The van der Waals surface area contributed by atoms with Crippen LogP contribution in [0.3, 0.4) is 0 Å². The zero-order chi connectivity index (χ0) is 13.3. The molecule has 1 aliphatic carbocycles. The fourth-order valence-electron chi connectivity index (χ4n) is 3.09. The average Bonchev–Trinajstić information content (AvgIpc) is 2.57. The number of halogens is 1. The number of aryl methyl sites for hydroxylation is 2. The molecular weight excluding hydrogens is 290 g/mol. The van der Waals surface area contributed by atoms with Crippen LogP contribution in [0.2, 0.25) is 0 Å². The molecule has 0 aliphatic heterocycles. The van der Waals surface area contributed by atoms with Gasteiger partial charge in [0.15, 0.2) is 0 Å². The van der Waals surface area contributed by atoms with Crippen LogP contribution in [0, 0.1) is 12.3 Å². The van der Waals surface area contributed by atoms with Gasteiger partial charge in [-0.1, -0.05) is 26.2 Å². The van der Waals surface area contributed by atoms with Crippen molar-refractivity contribution in [3.05, 3.63) is 15.9 Å². The molecule has 0 bridgehead atoms. The van der Waals surface area contributed by atoms with E-state index < -0.39 is 0 Å². The molecule has 2 rings (SSSR count). The van der Waals surface area contributed by atoms with Crippen molar-refractivity contribution in [1.82, 2.24) is 9.78 Å². The smallest absolute Gasteiger partial charge is 0.0738 e. The minimum absolute atomic E-state index is 0.226. The lowest BCUT2D eigenvalue weighted by Crippen LogP contribution is -2.43. The first-order valence-corrected chi connectivity index (χ1v) is 7.67. The second-order valence-electron chi connectivity index (χ2n) is 6.00. The van der Waals surface area contributed by atoms with E-state index in [1.54, 1.807) is 0 Å². The molecule has 1 atom stereocenters. The Bertz CT molecular complexity index is 419. The highest BCUT2D eigenvalue weighted by Gasteiger charge is 2.34. The van der Waals surface area contributed by atoms with Gasteiger partial charge in [-0.15, -0.1) is 0 Å². The number of hydrogen-bond donors (Lipinski definition) is 1. The van der Waals surface area contributed by atoms with Crippen LogP contribution in [0.5, 0.6) is 0 Å². The zero-order valence-corrected chi connectivity index (χ0v) is 13.3. The van der Waals surface area contributed by atoms with E-state index in [2.05, 4.69) is 28.0 Å². The molecule has 0 radical (unpaired) electrons. The maximum absolute atomic E-state index is 6.50. The van der Waals surface area contributed by atoms with E-state index in [1.165, 1.54) is 37.8 Å². The normalized spacial score (nSPS) is 20.9. The highest BCUT2D eigenvalue weighted by atomic mass is 79.9. The Hall–Kier alpha value is -0.350. The van der Waals surface area contributed by atoms with Gasteiger partial charge in [-0.2, -0.15) is 5.10 Å². The van der Waals surface area contributed by atoms with Crippen LogP contribution in [0.4, 0.5) is 0 Å². The molecule has 4 heteroatoms. The van der Waals surface area contributed by atoms with Crippen molar-refractivity contribution in [2.24, 2.45) is 18.2 Å². The number of nitrogens with zero attached hydrogens (tertiary/aromatic N) is 2. The molecule has 1 aromatic heterocycles. The molecule has 0 spiro atoms. The van der Waals surface area contributed by atoms with E-state index in [0.29, 0.717) is 5.41 Å². The fourth-order valence-corrected chi connectivity index (χ4v) is 3.58. The van der Waals surface area contributed by atoms with E-state index in [4.69, 9.17) is 5.73 Å². The highest BCUT2D eigenvalue weighted by molar-refractivity contribution is 9.10. The second kappa shape index (κ2) is 5.33. The van der Waals surface area contributed by atoms with Crippen molar-refractivity contribution in [3.63, 3.8) is 0 Å². The topological polar surface area (TPSA) is 43.8 Å². The molecule has 18 heavy (non-hydrogen) atoms. The van der Waals surface area contributed by atoms with Crippen molar-refractivity contribution in [2.75, 3.05) is 0 Å². The molecule has 1 saturated carbocycles. The Morgan fingerprint density at radius 2 is 2.00 bits per heavy atom. The van der Waals surface area contributed by atoms with Gasteiger partial charge in [0.05, 0.1) is 15.9 Å². The van der Waals surface area contributed by atoms with Gasteiger partial charge in [-0.3, -0.25) is 4.68 Å². The maximum atomic E-state index is 6.50. The summed E-state index contributed by atoms with van der Waals surface area (Å²) in [4.78, 5) is 0. The molecule has 2 N–H and O–H groups in total. The molecule has 0 saturated heterocycles. The van der Waals surface area contributed by atoms with Gasteiger partial charge in [0.25, 0.3) is 0 Å². The van der Waals surface area contributed by atoms with Crippen molar-refractivity contribution in [2.45, 2.75) is 58.4 Å². The second-order valence-corrected chi connectivity index (χ2v) is 6.79. The van der Waals surface area contributed by atoms with Crippen molar-refractivity contribution >= 4 is 15.9 Å². The summed E-state index contributed by atoms with van der Waals surface area (Å²) in [6.45, 7) is 4.38. The Morgan fingerprint density at radius 3 is 2.50 bits per heavy atom. The Kier molecular flexibility index (Phi) is 4.17. The van der Waals surface area contributed by atoms with Crippen molar-refractivity contribution in [3.8, 4) is 0 Å². The predicted molar refractivity (Wildman–Crippen MR) is 78.5 cm³/mol. The summed E-state index contributed by atoms with van der Waals surface area (Å²) in [5.74, 6) is 0. The standard InChI is InChI=1S/C14H24BrN3/c1-10-13(15)11(18(3)17-10)9-12(16)14(2)7-5-4-6-8-14/h12H,4-9,16H2,1-3H3. The zero-order valence-electron chi connectivity index (χ0n) is 11.7. The summed E-state index contributed by atoms with van der Waals surface area (Å²) >= 11 is 3.63. The highest BCUT2D eigenvalue weighted by Crippen LogP contribution is 2.39. The lowest BCUT2D eigenvalue weighted by molar-refractivity contribution is 0.167. The van der Waals surface area contributed by atoms with Gasteiger partial charge in [-0.25, -0.2) is 0 Å². The van der Waals surface area contributed by atoms with Crippen LogP contribution < -0.4 is 5.73 Å². The number of hydrogen-bond acceptors (Lipinski definition) is 2. The summed E-state index contributed by atoms with van der Waals surface area (Å²) in [5, 5.41) is 4.45. The van der Waals surface area contributed by atoms with E-state index in [0.717, 1.165) is 16.6 Å². The molecule has 1 fully saturated rings.